The van der Waals surface area contributed by atoms with E-state index in [1.807, 2.05) is 0 Å². The number of piperidine rings is 1. The summed E-state index contributed by atoms with van der Waals surface area (Å²) >= 11 is 6.32. The van der Waals surface area contributed by atoms with Crippen molar-refractivity contribution < 1.29 is 23.5 Å². The number of likely N-dealkylation sites (N-methyl/N-ethyl adjacent to an activating group) is 1. The summed E-state index contributed by atoms with van der Waals surface area (Å²) in [5.41, 5.74) is 0.449. The smallest absolute Gasteiger partial charge is 0.276 e. The van der Waals surface area contributed by atoms with Gasteiger partial charge in [-0.25, -0.2) is 18.7 Å². The van der Waals surface area contributed by atoms with Crippen LogP contribution in [-0.4, -0.2) is 77.8 Å². The predicted molar refractivity (Wildman–Crippen MR) is 135 cm³/mol. The maximum Gasteiger partial charge on any atom is 0.276 e. The van der Waals surface area contributed by atoms with Gasteiger partial charge in [0, 0.05) is 52.0 Å². The third kappa shape index (κ3) is 5.10. The first-order valence-electron chi connectivity index (χ1n) is 11.8. The van der Waals surface area contributed by atoms with Gasteiger partial charge in [0.1, 0.15) is 10.8 Å². The standard InChI is InChI=1S/C23H29ClF2N8O3/c1-12-10-33(11-13(2)23(12,25)26)22-28-9-14(24)18(31-22)29-16-6-5-15-19(30-16)34(8-7-17(35)27-3)21(37)20(36)32(15)4/h5-6,9,12-13,21,37H,7-8,10-11H2,1-4H3,(H,27,35)(H,28,29,30,31)/t12-,13+,21?. The molecule has 0 radical (unpaired) electrons. The van der Waals surface area contributed by atoms with Gasteiger partial charge in [-0.2, -0.15) is 4.98 Å². The van der Waals surface area contributed by atoms with Crippen LogP contribution in [0.1, 0.15) is 20.3 Å². The van der Waals surface area contributed by atoms with E-state index < -0.39 is 29.9 Å². The van der Waals surface area contributed by atoms with Crippen LogP contribution in [0.15, 0.2) is 18.3 Å². The highest BCUT2D eigenvalue weighted by Gasteiger charge is 2.47. The number of anilines is 5. The maximum atomic E-state index is 14.3. The SMILES string of the molecule is CNC(=O)CCN1c2nc(Nc3nc(N4C[C@@H](C)C(F)(F)[C@@H](C)C4)ncc3Cl)ccc2N(C)C(=O)C1O. The second-order valence-electron chi connectivity index (χ2n) is 9.30. The first-order chi connectivity index (χ1) is 17.4. The molecule has 0 bridgehead atoms. The Morgan fingerprint density at radius 1 is 1.24 bits per heavy atom. The van der Waals surface area contributed by atoms with Gasteiger partial charge in [0.05, 0.1) is 11.9 Å². The molecule has 14 heteroatoms. The molecule has 4 rings (SSSR count). The fourth-order valence-corrected chi connectivity index (χ4v) is 4.59. The van der Waals surface area contributed by atoms with Crippen LogP contribution in [0.25, 0.3) is 0 Å². The number of rotatable bonds is 6. The predicted octanol–water partition coefficient (Wildman–Crippen LogP) is 2.23. The molecule has 0 aromatic carbocycles. The molecule has 2 aromatic rings. The van der Waals surface area contributed by atoms with Gasteiger partial charge in [0.25, 0.3) is 11.8 Å². The molecule has 0 spiro atoms. The number of aliphatic hydroxyl groups is 1. The van der Waals surface area contributed by atoms with E-state index in [0.29, 0.717) is 11.5 Å². The molecule has 0 aliphatic carbocycles. The van der Waals surface area contributed by atoms with Crippen molar-refractivity contribution in [3.63, 3.8) is 0 Å². The Morgan fingerprint density at radius 3 is 2.57 bits per heavy atom. The summed E-state index contributed by atoms with van der Waals surface area (Å²) in [5, 5.41) is 16.3. The normalized spacial score (nSPS) is 23.1. The molecule has 1 saturated heterocycles. The zero-order chi connectivity index (χ0) is 27.1. The van der Waals surface area contributed by atoms with Gasteiger partial charge in [0.2, 0.25) is 18.1 Å². The molecule has 3 atom stereocenters. The van der Waals surface area contributed by atoms with Gasteiger partial charge >= 0.3 is 0 Å². The number of pyridine rings is 1. The van der Waals surface area contributed by atoms with Crippen LogP contribution in [0, 0.1) is 11.8 Å². The molecule has 1 unspecified atom stereocenters. The van der Waals surface area contributed by atoms with Gasteiger partial charge in [-0.05, 0) is 12.1 Å². The van der Waals surface area contributed by atoms with E-state index in [2.05, 4.69) is 25.6 Å². The number of halogens is 3. The minimum absolute atomic E-state index is 0.0379. The number of nitrogens with one attached hydrogen (secondary N) is 2. The van der Waals surface area contributed by atoms with Crippen molar-refractivity contribution >= 4 is 52.5 Å². The van der Waals surface area contributed by atoms with Gasteiger partial charge in [-0.15, -0.1) is 0 Å². The number of aromatic nitrogens is 3. The fourth-order valence-electron chi connectivity index (χ4n) is 4.45. The summed E-state index contributed by atoms with van der Waals surface area (Å²) < 4.78 is 28.6. The molecule has 1 fully saturated rings. The Balaban J connectivity index is 1.61. The lowest BCUT2D eigenvalue weighted by atomic mass is 9.87. The largest absolute Gasteiger partial charge is 0.365 e. The van der Waals surface area contributed by atoms with Crippen molar-refractivity contribution in [3.8, 4) is 0 Å². The minimum Gasteiger partial charge on any atom is -0.365 e. The van der Waals surface area contributed by atoms with Crippen LogP contribution in [0.4, 0.5) is 37.9 Å². The summed E-state index contributed by atoms with van der Waals surface area (Å²) in [6, 6.07) is 3.26. The summed E-state index contributed by atoms with van der Waals surface area (Å²) in [7, 11) is 3.02. The molecular formula is C23H29ClF2N8O3. The number of carbonyl (C=O) groups excluding carboxylic acids is 2. The van der Waals surface area contributed by atoms with Gasteiger partial charge in [-0.3, -0.25) is 9.59 Å². The molecule has 37 heavy (non-hydrogen) atoms. The first-order valence-corrected chi connectivity index (χ1v) is 12.2. The molecule has 2 aliphatic rings. The Morgan fingerprint density at radius 2 is 1.92 bits per heavy atom. The molecule has 2 aromatic heterocycles. The van der Waals surface area contributed by atoms with Crippen molar-refractivity contribution in [1.29, 1.82) is 0 Å². The molecule has 2 amide bonds. The van der Waals surface area contributed by atoms with E-state index in [-0.39, 0.29) is 54.6 Å². The second kappa shape index (κ2) is 10.2. The Bertz CT molecular complexity index is 1190. The first kappa shape index (κ1) is 26.7. The fraction of sp³-hybridized carbons (Fsp3) is 0.522. The molecular weight excluding hydrogens is 510 g/mol. The molecule has 0 saturated carbocycles. The molecule has 2 aliphatic heterocycles. The van der Waals surface area contributed by atoms with Gasteiger partial charge < -0.3 is 30.4 Å². The third-order valence-corrected chi connectivity index (χ3v) is 7.03. The van der Waals surface area contributed by atoms with E-state index >= 15 is 0 Å². The van der Waals surface area contributed by atoms with Gasteiger partial charge in [-0.1, -0.05) is 25.4 Å². The van der Waals surface area contributed by atoms with E-state index in [1.54, 1.807) is 17.0 Å². The molecule has 4 heterocycles. The number of fused-ring (bicyclic) bond motifs is 1. The lowest BCUT2D eigenvalue weighted by molar-refractivity contribution is -0.127. The van der Waals surface area contributed by atoms with E-state index in [9.17, 15) is 23.5 Å². The monoisotopic (exact) mass is 538 g/mol. The topological polar surface area (TPSA) is 127 Å². The average Bonchev–Trinajstić information content (AvgIpc) is 2.87. The van der Waals surface area contributed by atoms with Crippen molar-refractivity contribution in [2.75, 3.05) is 53.7 Å². The van der Waals surface area contributed by atoms with E-state index in [0.717, 1.165) is 0 Å². The molecule has 200 valence electrons. The van der Waals surface area contributed by atoms with Crippen LogP contribution in [0.2, 0.25) is 5.02 Å². The zero-order valence-electron chi connectivity index (χ0n) is 20.9. The van der Waals surface area contributed by atoms with Crippen LogP contribution >= 0.6 is 11.6 Å². The van der Waals surface area contributed by atoms with Crippen LogP contribution < -0.4 is 25.3 Å². The van der Waals surface area contributed by atoms with Crippen LogP contribution in [-0.2, 0) is 9.59 Å². The Labute approximate surface area is 217 Å². The van der Waals surface area contributed by atoms with E-state index in [4.69, 9.17) is 11.6 Å². The number of aliphatic hydroxyl groups excluding tert-OH is 1. The highest BCUT2D eigenvalue weighted by molar-refractivity contribution is 6.32. The van der Waals surface area contributed by atoms with Crippen LogP contribution in [0.5, 0.6) is 0 Å². The minimum atomic E-state index is -2.78. The zero-order valence-corrected chi connectivity index (χ0v) is 21.6. The summed E-state index contributed by atoms with van der Waals surface area (Å²) in [4.78, 5) is 41.9. The summed E-state index contributed by atoms with van der Waals surface area (Å²) in [5.74, 6) is -4.27. The summed E-state index contributed by atoms with van der Waals surface area (Å²) in [6.07, 6.45) is -0.0882. The van der Waals surface area contributed by atoms with Crippen molar-refractivity contribution in [3.05, 3.63) is 23.4 Å². The quantitative estimate of drug-likeness (QED) is 0.507. The average molecular weight is 539 g/mol. The Hall–Kier alpha value is -3.32. The molecule has 3 N–H and O–H groups in total. The second-order valence-corrected chi connectivity index (χ2v) is 9.71. The molecule has 11 nitrogen and oxygen atoms in total. The highest BCUT2D eigenvalue weighted by atomic mass is 35.5. The van der Waals surface area contributed by atoms with Crippen LogP contribution in [0.3, 0.4) is 0 Å². The lowest BCUT2D eigenvalue weighted by Gasteiger charge is -2.41. The van der Waals surface area contributed by atoms with Gasteiger partial charge in [0.15, 0.2) is 11.6 Å². The summed E-state index contributed by atoms with van der Waals surface area (Å²) in [6.45, 7) is 3.24. The Kier molecular flexibility index (Phi) is 7.38. The number of hydrogen-bond acceptors (Lipinski definition) is 9. The van der Waals surface area contributed by atoms with Crippen molar-refractivity contribution in [1.82, 2.24) is 20.3 Å². The van der Waals surface area contributed by atoms with E-state index in [1.165, 1.54) is 43.9 Å². The number of alkyl halides is 2. The maximum absolute atomic E-state index is 14.3. The lowest BCUT2D eigenvalue weighted by Crippen LogP contribution is -2.53. The number of hydrogen-bond donors (Lipinski definition) is 3. The number of carbonyl (C=O) groups is 2. The van der Waals surface area contributed by atoms with Crippen molar-refractivity contribution in [2.24, 2.45) is 11.8 Å². The number of nitrogens with zero attached hydrogens (tertiary/aromatic N) is 6. The van der Waals surface area contributed by atoms with Crippen molar-refractivity contribution in [2.45, 2.75) is 32.4 Å². The number of amides is 2. The highest BCUT2D eigenvalue weighted by Crippen LogP contribution is 2.39. The third-order valence-electron chi connectivity index (χ3n) is 6.76.